The Balaban J connectivity index is 1.93. The number of benzene rings is 1. The Morgan fingerprint density at radius 3 is 2.78 bits per heavy atom. The monoisotopic (exact) mass is 244 g/mol. The number of rotatable bonds is 6. The number of hydrogen-bond acceptors (Lipinski definition) is 1. The zero-order chi connectivity index (χ0) is 13.0. The van der Waals surface area contributed by atoms with E-state index >= 15 is 0 Å². The number of nitrogens with zero attached hydrogens (tertiary/aromatic N) is 1. The lowest BCUT2D eigenvalue weighted by molar-refractivity contribution is 0.523. The molecule has 1 aromatic carbocycles. The summed E-state index contributed by atoms with van der Waals surface area (Å²) in [5, 5.41) is 4.85. The Morgan fingerprint density at radius 2 is 2.00 bits per heavy atom. The minimum atomic E-state index is 0.735. The van der Waals surface area contributed by atoms with Gasteiger partial charge in [-0.05, 0) is 49.9 Å². The highest BCUT2D eigenvalue weighted by Gasteiger charge is 2.04. The summed E-state index contributed by atoms with van der Waals surface area (Å²) in [6.07, 6.45) is 1.19. The Kier molecular flexibility index (Phi) is 4.43. The summed E-state index contributed by atoms with van der Waals surface area (Å²) < 4.78 is 2.42. The number of nitrogens with one attached hydrogen (secondary N) is 1. The van der Waals surface area contributed by atoms with Crippen molar-refractivity contribution >= 4 is 10.9 Å². The molecule has 0 aliphatic heterocycles. The van der Waals surface area contributed by atoms with Crippen molar-refractivity contribution in [1.82, 2.24) is 9.88 Å². The third-order valence-corrected chi connectivity index (χ3v) is 3.31. The molecule has 0 spiro atoms. The third kappa shape index (κ3) is 3.14. The van der Waals surface area contributed by atoms with Gasteiger partial charge in [0.1, 0.15) is 0 Å². The molecule has 0 aliphatic rings. The molecule has 2 aromatic rings. The summed E-state index contributed by atoms with van der Waals surface area (Å²) in [5.41, 5.74) is 2.72. The van der Waals surface area contributed by atoms with Crippen molar-refractivity contribution in [1.29, 1.82) is 0 Å². The molecule has 0 saturated heterocycles. The van der Waals surface area contributed by atoms with Crippen LogP contribution in [-0.4, -0.2) is 17.7 Å². The molecule has 0 saturated carbocycles. The van der Waals surface area contributed by atoms with Gasteiger partial charge in [-0.1, -0.05) is 32.0 Å². The first kappa shape index (κ1) is 13.2. The van der Waals surface area contributed by atoms with E-state index in [-0.39, 0.29) is 0 Å². The molecule has 2 heteroatoms. The third-order valence-electron chi connectivity index (χ3n) is 3.31. The van der Waals surface area contributed by atoms with E-state index in [4.69, 9.17) is 0 Å². The van der Waals surface area contributed by atoms with Gasteiger partial charge in [-0.25, -0.2) is 0 Å². The molecule has 0 aliphatic carbocycles. The van der Waals surface area contributed by atoms with Crippen LogP contribution in [0.15, 0.2) is 30.3 Å². The Labute approximate surface area is 110 Å². The van der Waals surface area contributed by atoms with Crippen LogP contribution in [0.25, 0.3) is 10.9 Å². The molecule has 0 bridgehead atoms. The van der Waals surface area contributed by atoms with Gasteiger partial charge in [0.05, 0.1) is 0 Å². The predicted octanol–water partition coefficient (Wildman–Crippen LogP) is 3.59. The first-order valence-electron chi connectivity index (χ1n) is 6.94. The lowest BCUT2D eigenvalue weighted by Crippen LogP contribution is -2.21. The van der Waals surface area contributed by atoms with Crippen molar-refractivity contribution < 1.29 is 0 Å². The summed E-state index contributed by atoms with van der Waals surface area (Å²) in [6.45, 7) is 10.0. The van der Waals surface area contributed by atoms with E-state index in [2.05, 4.69) is 61.0 Å². The molecule has 1 heterocycles. The highest BCUT2D eigenvalue weighted by atomic mass is 15.0. The van der Waals surface area contributed by atoms with E-state index in [0.717, 1.165) is 25.6 Å². The molecule has 2 nitrogen and oxygen atoms in total. The number of aryl methyl sites for hydroxylation is 2. The van der Waals surface area contributed by atoms with Gasteiger partial charge in [0.2, 0.25) is 0 Å². The van der Waals surface area contributed by atoms with Crippen LogP contribution in [0.4, 0.5) is 0 Å². The van der Waals surface area contributed by atoms with E-state index in [9.17, 15) is 0 Å². The molecular weight excluding hydrogens is 220 g/mol. The predicted molar refractivity (Wildman–Crippen MR) is 79.0 cm³/mol. The zero-order valence-electron chi connectivity index (χ0n) is 11.7. The molecule has 0 fully saturated rings. The second-order valence-electron chi connectivity index (χ2n) is 5.45. The SMILES string of the molecule is Cc1cc2ccccc2n1CCCNCC(C)C. The molecule has 2 rings (SSSR count). The van der Waals surface area contributed by atoms with Crippen LogP contribution in [0.5, 0.6) is 0 Å². The first-order valence-corrected chi connectivity index (χ1v) is 6.94. The van der Waals surface area contributed by atoms with E-state index < -0.39 is 0 Å². The topological polar surface area (TPSA) is 17.0 Å². The lowest BCUT2D eigenvalue weighted by atomic mass is 10.2. The fraction of sp³-hybridized carbons (Fsp3) is 0.500. The summed E-state index contributed by atoms with van der Waals surface area (Å²) >= 11 is 0. The first-order chi connectivity index (χ1) is 8.68. The Bertz CT molecular complexity index is 497. The number of para-hydroxylation sites is 1. The summed E-state index contributed by atoms with van der Waals surface area (Å²) in [4.78, 5) is 0. The fourth-order valence-corrected chi connectivity index (χ4v) is 2.40. The standard InChI is InChI=1S/C16H24N2/c1-13(2)12-17-9-6-10-18-14(3)11-15-7-4-5-8-16(15)18/h4-5,7-8,11,13,17H,6,9-10,12H2,1-3H3. The maximum atomic E-state index is 3.50. The van der Waals surface area contributed by atoms with Crippen molar-refractivity contribution in [3.63, 3.8) is 0 Å². The van der Waals surface area contributed by atoms with Crippen LogP contribution in [0.2, 0.25) is 0 Å². The van der Waals surface area contributed by atoms with Gasteiger partial charge in [-0.2, -0.15) is 0 Å². The van der Waals surface area contributed by atoms with Crippen LogP contribution >= 0.6 is 0 Å². The number of aromatic nitrogens is 1. The summed E-state index contributed by atoms with van der Waals surface area (Å²) in [5.74, 6) is 0.735. The average Bonchev–Trinajstić information content (AvgIpc) is 2.65. The summed E-state index contributed by atoms with van der Waals surface area (Å²) in [7, 11) is 0. The van der Waals surface area contributed by atoms with Gasteiger partial charge in [0, 0.05) is 17.8 Å². The molecule has 0 radical (unpaired) electrons. The Morgan fingerprint density at radius 1 is 1.22 bits per heavy atom. The smallest absolute Gasteiger partial charge is 0.0482 e. The quantitative estimate of drug-likeness (QED) is 0.768. The van der Waals surface area contributed by atoms with Crippen molar-refractivity contribution in [3.05, 3.63) is 36.0 Å². The van der Waals surface area contributed by atoms with Crippen LogP contribution in [0, 0.1) is 12.8 Å². The number of fused-ring (bicyclic) bond motifs is 1. The Hall–Kier alpha value is -1.28. The van der Waals surface area contributed by atoms with Crippen molar-refractivity contribution in [2.45, 2.75) is 33.7 Å². The number of hydrogen-bond donors (Lipinski definition) is 1. The minimum Gasteiger partial charge on any atom is -0.345 e. The maximum absolute atomic E-state index is 3.50. The molecule has 0 atom stereocenters. The van der Waals surface area contributed by atoms with Crippen molar-refractivity contribution in [2.75, 3.05) is 13.1 Å². The van der Waals surface area contributed by atoms with Crippen LogP contribution in [0.3, 0.4) is 0 Å². The molecule has 0 amide bonds. The summed E-state index contributed by atoms with van der Waals surface area (Å²) in [6, 6.07) is 10.9. The molecule has 0 unspecified atom stereocenters. The van der Waals surface area contributed by atoms with E-state index in [1.165, 1.54) is 23.0 Å². The van der Waals surface area contributed by atoms with E-state index in [1.807, 2.05) is 0 Å². The van der Waals surface area contributed by atoms with Crippen LogP contribution in [0.1, 0.15) is 26.0 Å². The van der Waals surface area contributed by atoms with Gasteiger partial charge in [0.25, 0.3) is 0 Å². The maximum Gasteiger partial charge on any atom is 0.0482 e. The van der Waals surface area contributed by atoms with Crippen molar-refractivity contribution in [2.24, 2.45) is 5.92 Å². The zero-order valence-corrected chi connectivity index (χ0v) is 11.7. The van der Waals surface area contributed by atoms with Crippen LogP contribution in [-0.2, 0) is 6.54 Å². The lowest BCUT2D eigenvalue weighted by Gasteiger charge is -2.10. The van der Waals surface area contributed by atoms with E-state index in [1.54, 1.807) is 0 Å². The molecule has 98 valence electrons. The van der Waals surface area contributed by atoms with Gasteiger partial charge in [-0.3, -0.25) is 0 Å². The van der Waals surface area contributed by atoms with Crippen molar-refractivity contribution in [3.8, 4) is 0 Å². The molecule has 1 aromatic heterocycles. The van der Waals surface area contributed by atoms with E-state index in [0.29, 0.717) is 0 Å². The normalized spacial score (nSPS) is 11.6. The van der Waals surface area contributed by atoms with Gasteiger partial charge < -0.3 is 9.88 Å². The minimum absolute atomic E-state index is 0.735. The fourth-order valence-electron chi connectivity index (χ4n) is 2.40. The molecule has 1 N–H and O–H groups in total. The highest BCUT2D eigenvalue weighted by Crippen LogP contribution is 2.19. The molecular formula is C16H24N2. The second kappa shape index (κ2) is 6.05. The molecule has 18 heavy (non-hydrogen) atoms. The van der Waals surface area contributed by atoms with Gasteiger partial charge >= 0.3 is 0 Å². The highest BCUT2D eigenvalue weighted by molar-refractivity contribution is 5.81. The van der Waals surface area contributed by atoms with Gasteiger partial charge in [0.15, 0.2) is 0 Å². The largest absolute Gasteiger partial charge is 0.345 e. The second-order valence-corrected chi connectivity index (χ2v) is 5.45. The average molecular weight is 244 g/mol. The van der Waals surface area contributed by atoms with Gasteiger partial charge in [-0.15, -0.1) is 0 Å². The van der Waals surface area contributed by atoms with Crippen LogP contribution < -0.4 is 5.32 Å².